The molecule has 1 aromatic rings. The lowest BCUT2D eigenvalue weighted by Gasteiger charge is -2.36. The number of alkyl halides is 1. The number of ether oxygens (including phenoxy) is 2. The maximum Gasteiger partial charge on any atom is 0.328 e. The summed E-state index contributed by atoms with van der Waals surface area (Å²) in [5, 5.41) is 15.8. The van der Waals surface area contributed by atoms with E-state index in [1.807, 2.05) is 37.4 Å². The fourth-order valence-electron chi connectivity index (χ4n) is 3.78. The predicted molar refractivity (Wildman–Crippen MR) is 120 cm³/mol. The van der Waals surface area contributed by atoms with E-state index in [1.54, 1.807) is 6.92 Å². The SMILES string of the molecule is CCOC(=O)[C@@H](Cc1ccccc1)NC(=O)C1CCC(OCCCCNC)C(Cl)C1O. The lowest BCUT2D eigenvalue weighted by Crippen LogP contribution is -2.53. The van der Waals surface area contributed by atoms with Gasteiger partial charge in [-0.3, -0.25) is 4.79 Å². The molecule has 3 N–H and O–H groups in total. The Morgan fingerprint density at radius 3 is 2.65 bits per heavy atom. The van der Waals surface area contributed by atoms with Crippen molar-refractivity contribution in [1.82, 2.24) is 10.6 Å². The third kappa shape index (κ3) is 8.07. The van der Waals surface area contributed by atoms with Crippen LogP contribution < -0.4 is 10.6 Å². The molecule has 0 aliphatic heterocycles. The van der Waals surface area contributed by atoms with Gasteiger partial charge in [0.25, 0.3) is 0 Å². The van der Waals surface area contributed by atoms with E-state index < -0.39 is 29.4 Å². The Morgan fingerprint density at radius 1 is 1.23 bits per heavy atom. The van der Waals surface area contributed by atoms with E-state index in [0.29, 0.717) is 25.9 Å². The average Bonchev–Trinajstić information content (AvgIpc) is 2.76. The molecule has 0 spiro atoms. The lowest BCUT2D eigenvalue weighted by molar-refractivity contribution is -0.149. The molecule has 4 unspecified atom stereocenters. The van der Waals surface area contributed by atoms with Crippen molar-refractivity contribution in [3.8, 4) is 0 Å². The van der Waals surface area contributed by atoms with Crippen LogP contribution in [0.4, 0.5) is 0 Å². The fourth-order valence-corrected chi connectivity index (χ4v) is 4.15. The number of halogens is 1. The van der Waals surface area contributed by atoms with Crippen LogP contribution in [0.15, 0.2) is 30.3 Å². The number of amides is 1. The first-order valence-electron chi connectivity index (χ1n) is 11.1. The summed E-state index contributed by atoms with van der Waals surface area (Å²) < 4.78 is 11.0. The summed E-state index contributed by atoms with van der Waals surface area (Å²) in [6.07, 6.45) is 1.91. The van der Waals surface area contributed by atoms with Crippen molar-refractivity contribution in [2.45, 2.75) is 62.7 Å². The number of rotatable bonds is 12. The molecule has 31 heavy (non-hydrogen) atoms. The molecule has 0 radical (unpaired) electrons. The van der Waals surface area contributed by atoms with E-state index in [-0.39, 0.29) is 18.6 Å². The molecule has 5 atom stereocenters. The summed E-state index contributed by atoms with van der Waals surface area (Å²) in [5.41, 5.74) is 0.909. The van der Waals surface area contributed by atoms with Gasteiger partial charge in [-0.2, -0.15) is 0 Å². The smallest absolute Gasteiger partial charge is 0.328 e. The number of aliphatic hydroxyl groups is 1. The second kappa shape index (κ2) is 13.7. The maximum atomic E-state index is 12.9. The number of hydrogen-bond donors (Lipinski definition) is 3. The van der Waals surface area contributed by atoms with Gasteiger partial charge in [0.15, 0.2) is 0 Å². The van der Waals surface area contributed by atoms with Gasteiger partial charge in [-0.05, 0) is 51.8 Å². The molecule has 0 heterocycles. The van der Waals surface area contributed by atoms with Gasteiger partial charge in [0.2, 0.25) is 5.91 Å². The molecule has 174 valence electrons. The monoisotopic (exact) mass is 454 g/mol. The Bertz CT molecular complexity index is 675. The largest absolute Gasteiger partial charge is 0.464 e. The minimum atomic E-state index is -1.04. The third-order valence-electron chi connectivity index (χ3n) is 5.52. The first-order chi connectivity index (χ1) is 15.0. The Hall–Kier alpha value is -1.67. The second-order valence-corrected chi connectivity index (χ2v) is 8.35. The van der Waals surface area contributed by atoms with Crippen molar-refractivity contribution in [1.29, 1.82) is 0 Å². The molecule has 1 aromatic carbocycles. The summed E-state index contributed by atoms with van der Waals surface area (Å²) in [5.74, 6) is -1.57. The Labute approximate surface area is 189 Å². The van der Waals surface area contributed by atoms with Gasteiger partial charge in [-0.1, -0.05) is 30.3 Å². The number of carbonyl (C=O) groups excluding carboxylic acids is 2. The Balaban J connectivity index is 1.93. The van der Waals surface area contributed by atoms with Crippen molar-refractivity contribution in [3.63, 3.8) is 0 Å². The highest BCUT2D eigenvalue weighted by Crippen LogP contribution is 2.31. The molecule has 2 rings (SSSR count). The lowest BCUT2D eigenvalue weighted by atomic mass is 9.83. The Morgan fingerprint density at radius 2 is 1.97 bits per heavy atom. The number of carbonyl (C=O) groups is 2. The van der Waals surface area contributed by atoms with Crippen LogP contribution >= 0.6 is 11.6 Å². The standard InChI is InChI=1S/C23H35ClN2O5/c1-3-30-23(29)18(15-16-9-5-4-6-10-16)26-22(28)17-11-12-19(20(24)21(17)27)31-14-8-7-13-25-2/h4-6,9-10,17-21,25,27H,3,7-8,11-15H2,1-2H3,(H,26,28)/t17?,18-,19?,20?,21?/m1/s1. The number of nitrogens with one attached hydrogen (secondary N) is 2. The van der Waals surface area contributed by atoms with Crippen LogP contribution in [0.3, 0.4) is 0 Å². The predicted octanol–water partition coefficient (Wildman–Crippen LogP) is 2.04. The normalized spacial score (nSPS) is 24.4. The molecule has 1 aliphatic rings. The average molecular weight is 455 g/mol. The number of esters is 1. The van der Waals surface area contributed by atoms with Crippen LogP contribution in [-0.4, -0.2) is 67.4 Å². The quantitative estimate of drug-likeness (QED) is 0.254. The van der Waals surface area contributed by atoms with E-state index >= 15 is 0 Å². The summed E-state index contributed by atoms with van der Waals surface area (Å²) >= 11 is 6.43. The van der Waals surface area contributed by atoms with Crippen molar-refractivity contribution in [3.05, 3.63) is 35.9 Å². The van der Waals surface area contributed by atoms with Crippen molar-refractivity contribution < 1.29 is 24.2 Å². The molecular weight excluding hydrogens is 420 g/mol. The second-order valence-electron chi connectivity index (χ2n) is 7.84. The third-order valence-corrected chi connectivity index (χ3v) is 6.06. The van der Waals surface area contributed by atoms with Crippen LogP contribution in [0.5, 0.6) is 0 Å². The van der Waals surface area contributed by atoms with Gasteiger partial charge in [-0.15, -0.1) is 11.6 Å². The van der Waals surface area contributed by atoms with Crippen molar-refractivity contribution in [2.75, 3.05) is 26.8 Å². The van der Waals surface area contributed by atoms with E-state index in [0.717, 1.165) is 24.9 Å². The summed E-state index contributed by atoms with van der Waals surface area (Å²) in [4.78, 5) is 25.3. The van der Waals surface area contributed by atoms with Crippen LogP contribution in [0.1, 0.15) is 38.2 Å². The first kappa shape index (κ1) is 25.6. The van der Waals surface area contributed by atoms with Gasteiger partial charge in [0.1, 0.15) is 6.04 Å². The molecule has 0 aromatic heterocycles. The fraction of sp³-hybridized carbons (Fsp3) is 0.652. The van der Waals surface area contributed by atoms with Gasteiger partial charge in [0.05, 0.1) is 30.1 Å². The van der Waals surface area contributed by atoms with E-state index in [1.165, 1.54) is 0 Å². The molecule has 0 saturated heterocycles. The summed E-state index contributed by atoms with van der Waals surface area (Å²) in [6, 6.07) is 8.60. The zero-order chi connectivity index (χ0) is 22.6. The molecular formula is C23H35ClN2O5. The summed E-state index contributed by atoms with van der Waals surface area (Å²) in [7, 11) is 1.91. The van der Waals surface area contributed by atoms with E-state index in [4.69, 9.17) is 21.1 Å². The van der Waals surface area contributed by atoms with Crippen molar-refractivity contribution in [2.24, 2.45) is 5.92 Å². The van der Waals surface area contributed by atoms with Gasteiger partial charge < -0.3 is 25.2 Å². The van der Waals surface area contributed by atoms with Crippen LogP contribution in [0.2, 0.25) is 0 Å². The van der Waals surface area contributed by atoms with Gasteiger partial charge >= 0.3 is 5.97 Å². The number of benzene rings is 1. The summed E-state index contributed by atoms with van der Waals surface area (Å²) in [6.45, 7) is 3.44. The molecule has 0 bridgehead atoms. The highest BCUT2D eigenvalue weighted by molar-refractivity contribution is 6.21. The molecule has 7 nitrogen and oxygen atoms in total. The number of unbranched alkanes of at least 4 members (excludes halogenated alkanes) is 1. The number of aliphatic hydroxyl groups excluding tert-OH is 1. The van der Waals surface area contributed by atoms with Crippen LogP contribution in [0.25, 0.3) is 0 Å². The molecule has 1 fully saturated rings. The molecule has 1 aliphatic carbocycles. The van der Waals surface area contributed by atoms with Crippen molar-refractivity contribution >= 4 is 23.5 Å². The maximum absolute atomic E-state index is 12.9. The minimum absolute atomic E-state index is 0.225. The first-order valence-corrected chi connectivity index (χ1v) is 11.5. The van der Waals surface area contributed by atoms with Crippen LogP contribution in [-0.2, 0) is 25.5 Å². The number of hydrogen-bond acceptors (Lipinski definition) is 6. The van der Waals surface area contributed by atoms with E-state index in [2.05, 4.69) is 10.6 Å². The molecule has 1 amide bonds. The highest BCUT2D eigenvalue weighted by Gasteiger charge is 2.42. The zero-order valence-corrected chi connectivity index (χ0v) is 19.1. The van der Waals surface area contributed by atoms with E-state index in [9.17, 15) is 14.7 Å². The van der Waals surface area contributed by atoms with Gasteiger partial charge in [-0.25, -0.2) is 4.79 Å². The molecule has 8 heteroatoms. The minimum Gasteiger partial charge on any atom is -0.464 e. The van der Waals surface area contributed by atoms with Gasteiger partial charge in [0, 0.05) is 13.0 Å². The topological polar surface area (TPSA) is 96.9 Å². The van der Waals surface area contributed by atoms with Crippen LogP contribution in [0, 0.1) is 5.92 Å². The highest BCUT2D eigenvalue weighted by atomic mass is 35.5. The molecule has 1 saturated carbocycles. The Kier molecular flexibility index (Phi) is 11.3. The zero-order valence-electron chi connectivity index (χ0n) is 18.4.